The van der Waals surface area contributed by atoms with Gasteiger partial charge < -0.3 is 21.9 Å². The molecule has 0 radical (unpaired) electrons. The van der Waals surface area contributed by atoms with Crippen molar-refractivity contribution >= 4 is 17.7 Å². The number of hydrogen-bond donors (Lipinski definition) is 0. The summed E-state index contributed by atoms with van der Waals surface area (Å²) in [6.45, 7) is 0. The van der Waals surface area contributed by atoms with Crippen molar-refractivity contribution in [1.82, 2.24) is 0 Å². The molecule has 0 spiro atoms. The Labute approximate surface area is 50.3 Å². The van der Waals surface area contributed by atoms with Crippen molar-refractivity contribution in [2.75, 3.05) is 0 Å². The molecule has 0 heterocycles. The second kappa shape index (κ2) is 26.7. The van der Waals surface area contributed by atoms with Crippen molar-refractivity contribution in [3.05, 3.63) is 0 Å². The number of rotatable bonds is 0. The SMILES string of the molecule is O.O.O.O.[F][Ga]([F])[F]. The van der Waals surface area contributed by atoms with Crippen LogP contribution in [0, 0.1) is 0 Å². The summed E-state index contributed by atoms with van der Waals surface area (Å²) >= 11 is -4.98. The van der Waals surface area contributed by atoms with Crippen LogP contribution in [0.1, 0.15) is 0 Å². The van der Waals surface area contributed by atoms with E-state index < -0.39 is 17.7 Å². The Morgan fingerprint density at radius 1 is 0.625 bits per heavy atom. The Bertz CT molecular complexity index is 16.0. The van der Waals surface area contributed by atoms with Gasteiger partial charge in [-0.1, -0.05) is 0 Å². The van der Waals surface area contributed by atoms with E-state index in [2.05, 4.69) is 0 Å². The van der Waals surface area contributed by atoms with Gasteiger partial charge in [0.2, 0.25) is 0 Å². The quantitative estimate of drug-likeness (QED) is 0.384. The van der Waals surface area contributed by atoms with Gasteiger partial charge in [-0.15, -0.1) is 0 Å². The van der Waals surface area contributed by atoms with Gasteiger partial charge in [0, 0.05) is 0 Å². The van der Waals surface area contributed by atoms with Crippen molar-refractivity contribution in [2.45, 2.75) is 0 Å². The van der Waals surface area contributed by atoms with Gasteiger partial charge in [0.25, 0.3) is 0 Å². The Kier molecular flexibility index (Phi) is 137. The van der Waals surface area contributed by atoms with E-state index in [1.165, 1.54) is 0 Å². The van der Waals surface area contributed by atoms with Crippen molar-refractivity contribution in [2.24, 2.45) is 0 Å². The van der Waals surface area contributed by atoms with Crippen LogP contribution in [-0.4, -0.2) is 39.6 Å². The average Bonchev–Trinajstić information content (AvgIpc) is 0.811. The maximum absolute atomic E-state index is 9.85. The van der Waals surface area contributed by atoms with Gasteiger partial charge in [-0.3, -0.25) is 0 Å². The van der Waals surface area contributed by atoms with E-state index in [0.717, 1.165) is 0 Å². The van der Waals surface area contributed by atoms with Gasteiger partial charge in [0.1, 0.15) is 0 Å². The molecule has 0 aliphatic heterocycles. The molecular weight excluding hydrogens is 191 g/mol. The second-order valence-corrected chi connectivity index (χ2v) is 1.29. The molecule has 8 heavy (non-hydrogen) atoms. The van der Waals surface area contributed by atoms with Gasteiger partial charge in [-0.25, -0.2) is 0 Å². The molecule has 0 unspecified atom stereocenters. The van der Waals surface area contributed by atoms with E-state index in [0.29, 0.717) is 0 Å². The van der Waals surface area contributed by atoms with Crippen LogP contribution in [0.3, 0.4) is 0 Å². The van der Waals surface area contributed by atoms with Crippen molar-refractivity contribution in [1.29, 1.82) is 0 Å². The summed E-state index contributed by atoms with van der Waals surface area (Å²) in [6.07, 6.45) is 0. The van der Waals surface area contributed by atoms with Gasteiger partial charge >= 0.3 is 27.6 Å². The molecular formula is H8F3GaO4. The molecule has 8 N–H and O–H groups in total. The van der Waals surface area contributed by atoms with Crippen LogP contribution < -0.4 is 0 Å². The van der Waals surface area contributed by atoms with Crippen molar-refractivity contribution in [3.8, 4) is 0 Å². The molecule has 0 saturated carbocycles. The average molecular weight is 199 g/mol. The van der Waals surface area contributed by atoms with Crippen LogP contribution in [0.15, 0.2) is 0 Å². The summed E-state index contributed by atoms with van der Waals surface area (Å²) in [5, 5.41) is 0. The predicted molar refractivity (Wildman–Crippen MR) is 23.5 cm³/mol. The van der Waals surface area contributed by atoms with Gasteiger partial charge in [-0.05, 0) is 0 Å². The standard InChI is InChI=1S/3FH.Ga.4H2O/h3*1H;;4*1H2/q;;;+3;;;;/p-3. The van der Waals surface area contributed by atoms with Crippen LogP contribution in [0.25, 0.3) is 0 Å². The minimum absolute atomic E-state index is 0. The molecule has 0 aliphatic carbocycles. The molecule has 0 atom stereocenters. The fraction of sp³-hybridized carbons (Fsp3) is 0. The normalized spacial score (nSPS) is 3.38. The van der Waals surface area contributed by atoms with E-state index in [-0.39, 0.29) is 21.9 Å². The molecule has 0 bridgehead atoms. The zero-order chi connectivity index (χ0) is 3.58. The Morgan fingerprint density at radius 2 is 0.625 bits per heavy atom. The second-order valence-electron chi connectivity index (χ2n) is 0.247. The van der Waals surface area contributed by atoms with Crippen LogP contribution in [0.5, 0.6) is 0 Å². The summed E-state index contributed by atoms with van der Waals surface area (Å²) in [7, 11) is 0. The summed E-state index contributed by atoms with van der Waals surface area (Å²) in [4.78, 5) is 0. The summed E-state index contributed by atoms with van der Waals surface area (Å²) < 4.78 is 29.6. The topological polar surface area (TPSA) is 126 Å². The summed E-state index contributed by atoms with van der Waals surface area (Å²) in [5.74, 6) is 0. The third kappa shape index (κ3) is 2450. The first-order valence-electron chi connectivity index (χ1n) is 0.655. The van der Waals surface area contributed by atoms with Crippen LogP contribution in [0.2, 0.25) is 0 Å². The molecule has 4 nitrogen and oxygen atoms in total. The molecule has 0 aromatic carbocycles. The first kappa shape index (κ1) is 40.9. The summed E-state index contributed by atoms with van der Waals surface area (Å²) in [6, 6.07) is 0. The number of halogens is 3. The van der Waals surface area contributed by atoms with Crippen molar-refractivity contribution in [3.63, 3.8) is 0 Å². The molecule has 0 aromatic heterocycles. The third-order valence-corrected chi connectivity index (χ3v) is 0. The molecule has 0 fully saturated rings. The van der Waals surface area contributed by atoms with Crippen molar-refractivity contribution < 1.29 is 31.8 Å². The third-order valence-electron chi connectivity index (χ3n) is 0. The molecule has 0 aromatic rings. The molecule has 0 aliphatic rings. The Balaban J connectivity index is -0.00000000750. The first-order valence-corrected chi connectivity index (χ1v) is 3.40. The zero-order valence-corrected chi connectivity index (χ0v) is 6.13. The van der Waals surface area contributed by atoms with E-state index >= 15 is 0 Å². The fourth-order valence-corrected chi connectivity index (χ4v) is 0. The molecule has 0 rings (SSSR count). The minimum atomic E-state index is -4.98. The summed E-state index contributed by atoms with van der Waals surface area (Å²) in [5.41, 5.74) is 0. The van der Waals surface area contributed by atoms with Gasteiger partial charge in [0.15, 0.2) is 0 Å². The molecule has 0 saturated heterocycles. The first-order chi connectivity index (χ1) is 1.73. The van der Waals surface area contributed by atoms with Crippen LogP contribution in [-0.2, 0) is 0 Å². The zero-order valence-electron chi connectivity index (χ0n) is 3.71. The Hall–Kier alpha value is 0.266. The monoisotopic (exact) mass is 198 g/mol. The number of hydrogen-bond acceptors (Lipinski definition) is 0. The predicted octanol–water partition coefficient (Wildman–Crippen LogP) is -2.42. The molecule has 8 heteroatoms. The Morgan fingerprint density at radius 3 is 0.625 bits per heavy atom. The van der Waals surface area contributed by atoms with Gasteiger partial charge in [0.05, 0.1) is 0 Å². The van der Waals surface area contributed by atoms with E-state index in [1.54, 1.807) is 0 Å². The van der Waals surface area contributed by atoms with Gasteiger partial charge in [-0.2, -0.15) is 0 Å². The van der Waals surface area contributed by atoms with Crippen LogP contribution >= 0.6 is 0 Å². The fourth-order valence-electron chi connectivity index (χ4n) is 0. The van der Waals surface area contributed by atoms with E-state index in [1.807, 2.05) is 0 Å². The van der Waals surface area contributed by atoms with E-state index in [4.69, 9.17) is 0 Å². The maximum atomic E-state index is 9.85. The van der Waals surface area contributed by atoms with Crippen LogP contribution in [0.4, 0.5) is 9.86 Å². The molecule has 56 valence electrons. The van der Waals surface area contributed by atoms with E-state index in [9.17, 15) is 9.86 Å². The molecule has 0 amide bonds.